The number of alkyl halides is 1. The first-order valence-corrected chi connectivity index (χ1v) is 15.5. The molecule has 1 fully saturated rings. The Bertz CT molecular complexity index is 1360. The lowest BCUT2D eigenvalue weighted by molar-refractivity contribution is 0.0434. The van der Waals surface area contributed by atoms with Crippen LogP contribution >= 0.6 is 34.3 Å². The first-order valence-electron chi connectivity index (χ1n) is 13.4. The normalized spacial score (nSPS) is 19.9. The zero-order chi connectivity index (χ0) is 29.4. The van der Waals surface area contributed by atoms with Crippen molar-refractivity contribution in [3.05, 3.63) is 44.1 Å². The maximum Gasteiger partial charge on any atom is 0.415 e. The Morgan fingerprint density at radius 2 is 1.88 bits per heavy atom. The van der Waals surface area contributed by atoms with Crippen LogP contribution in [0.1, 0.15) is 82.0 Å². The Morgan fingerprint density at radius 1 is 1.18 bits per heavy atom. The highest BCUT2D eigenvalue weighted by Crippen LogP contribution is 2.46. The van der Waals surface area contributed by atoms with Gasteiger partial charge in [-0.3, -0.25) is 4.90 Å². The number of hydrogen-bond donors (Lipinski definition) is 1. The summed E-state index contributed by atoms with van der Waals surface area (Å²) in [7, 11) is 0. The van der Waals surface area contributed by atoms with E-state index in [0.29, 0.717) is 37.0 Å². The summed E-state index contributed by atoms with van der Waals surface area (Å²) in [6, 6.07) is 4.83. The average molecular weight is 610 g/mol. The topological polar surface area (TPSA) is 80.8 Å². The van der Waals surface area contributed by atoms with Crippen molar-refractivity contribution in [2.24, 2.45) is 0 Å². The third-order valence-electron chi connectivity index (χ3n) is 6.50. The van der Waals surface area contributed by atoms with Gasteiger partial charge in [0, 0.05) is 21.7 Å². The zero-order valence-electron chi connectivity index (χ0n) is 24.0. The van der Waals surface area contributed by atoms with Gasteiger partial charge in [-0.15, -0.1) is 22.7 Å². The number of rotatable bonds is 5. The van der Waals surface area contributed by atoms with Gasteiger partial charge in [0.05, 0.1) is 28.5 Å². The number of anilines is 1. The van der Waals surface area contributed by atoms with Gasteiger partial charge in [-0.25, -0.2) is 19.0 Å². The molecule has 2 amide bonds. The molecule has 40 heavy (non-hydrogen) atoms. The third-order valence-corrected chi connectivity index (χ3v) is 8.99. The molecule has 4 rings (SSSR count). The molecule has 1 N–H and O–H groups in total. The summed E-state index contributed by atoms with van der Waals surface area (Å²) in [5, 5.41) is 5.01. The van der Waals surface area contributed by atoms with Crippen LogP contribution < -0.4 is 10.2 Å². The largest absolute Gasteiger partial charge is 0.444 e. The molecule has 2 unspecified atom stereocenters. The van der Waals surface area contributed by atoms with Gasteiger partial charge in [-0.05, 0) is 84.7 Å². The molecule has 0 aromatic carbocycles. The summed E-state index contributed by atoms with van der Waals surface area (Å²) in [6.07, 6.45) is -0.603. The number of carbonyl (C=O) groups excluding carboxylic acids is 2. The second-order valence-electron chi connectivity index (χ2n) is 12.1. The lowest BCUT2D eigenvalue weighted by Gasteiger charge is -2.35. The molecular weight excluding hydrogens is 573 g/mol. The summed E-state index contributed by atoms with van der Waals surface area (Å²) in [6.45, 7) is 13.0. The second-order valence-corrected chi connectivity index (χ2v) is 14.6. The fourth-order valence-corrected chi connectivity index (χ4v) is 7.23. The van der Waals surface area contributed by atoms with Crippen LogP contribution in [-0.4, -0.2) is 40.6 Å². The minimum absolute atomic E-state index is 0.241. The van der Waals surface area contributed by atoms with Crippen molar-refractivity contribution >= 4 is 62.4 Å². The third kappa shape index (κ3) is 7.25. The molecule has 1 aliphatic rings. The number of hydrogen-bond acceptors (Lipinski definition) is 7. The van der Waals surface area contributed by atoms with Crippen LogP contribution in [0.4, 0.5) is 19.7 Å². The minimum Gasteiger partial charge on any atom is -0.444 e. The van der Waals surface area contributed by atoms with Crippen LogP contribution in [-0.2, 0) is 16.0 Å². The van der Waals surface area contributed by atoms with Crippen molar-refractivity contribution in [2.45, 2.75) is 104 Å². The van der Waals surface area contributed by atoms with E-state index in [4.69, 9.17) is 21.1 Å². The number of thiophene rings is 2. The van der Waals surface area contributed by atoms with E-state index < -0.39 is 35.6 Å². The van der Waals surface area contributed by atoms with Crippen molar-refractivity contribution in [1.82, 2.24) is 10.3 Å². The molecular formula is C29H37ClFN3O4S2. The molecule has 0 saturated heterocycles. The van der Waals surface area contributed by atoms with Gasteiger partial charge in [0.25, 0.3) is 0 Å². The smallest absolute Gasteiger partial charge is 0.415 e. The van der Waals surface area contributed by atoms with Crippen LogP contribution in [0, 0.1) is 6.92 Å². The quantitative estimate of drug-likeness (QED) is 0.292. The monoisotopic (exact) mass is 609 g/mol. The van der Waals surface area contributed by atoms with Gasteiger partial charge in [0.2, 0.25) is 0 Å². The van der Waals surface area contributed by atoms with Gasteiger partial charge in [-0.1, -0.05) is 17.7 Å². The lowest BCUT2D eigenvalue weighted by Crippen LogP contribution is -2.49. The van der Waals surface area contributed by atoms with Crippen LogP contribution in [0.5, 0.6) is 0 Å². The van der Waals surface area contributed by atoms with Crippen molar-refractivity contribution in [3.63, 3.8) is 0 Å². The highest BCUT2D eigenvalue weighted by Gasteiger charge is 2.39. The minimum atomic E-state index is -1.22. The SMILES string of the molecule is Cc1c(C2CCC[C@@H](F)C2NC(=O)OC(C)(C)C)sc2c(N(Cc3cccs3)C(=O)OC(C)(C)C)cc(Cl)nc12. The highest BCUT2D eigenvalue weighted by molar-refractivity contribution is 7.20. The van der Waals surface area contributed by atoms with E-state index in [-0.39, 0.29) is 11.1 Å². The molecule has 3 atom stereocenters. The van der Waals surface area contributed by atoms with Crippen molar-refractivity contribution in [3.8, 4) is 0 Å². The number of halogens is 2. The molecule has 11 heteroatoms. The number of alkyl carbamates (subject to hydrolysis) is 1. The van der Waals surface area contributed by atoms with Crippen molar-refractivity contribution in [1.29, 1.82) is 0 Å². The number of carbonyl (C=O) groups is 2. The van der Waals surface area contributed by atoms with E-state index in [9.17, 15) is 9.59 Å². The molecule has 3 aromatic rings. The Labute approximate surface area is 248 Å². The number of amides is 2. The lowest BCUT2D eigenvalue weighted by atomic mass is 9.81. The summed E-state index contributed by atoms with van der Waals surface area (Å²) in [4.78, 5) is 34.2. The summed E-state index contributed by atoms with van der Waals surface area (Å²) in [5.74, 6) is -0.283. The maximum absolute atomic E-state index is 15.3. The van der Waals surface area contributed by atoms with E-state index in [0.717, 1.165) is 20.0 Å². The molecule has 1 aliphatic carbocycles. The van der Waals surface area contributed by atoms with E-state index in [1.54, 1.807) is 43.1 Å². The first kappa shape index (κ1) is 30.5. The molecule has 0 bridgehead atoms. The van der Waals surface area contributed by atoms with E-state index in [1.165, 1.54) is 11.3 Å². The summed E-state index contributed by atoms with van der Waals surface area (Å²) < 4.78 is 27.3. The number of nitrogens with one attached hydrogen (secondary N) is 1. The second kappa shape index (κ2) is 11.8. The zero-order valence-corrected chi connectivity index (χ0v) is 26.4. The fourth-order valence-electron chi connectivity index (χ4n) is 4.90. The Morgan fingerprint density at radius 3 is 2.50 bits per heavy atom. The van der Waals surface area contributed by atoms with Gasteiger partial charge < -0.3 is 14.8 Å². The summed E-state index contributed by atoms with van der Waals surface area (Å²) >= 11 is 9.53. The van der Waals surface area contributed by atoms with Crippen molar-refractivity contribution in [2.75, 3.05) is 4.90 Å². The van der Waals surface area contributed by atoms with Crippen LogP contribution in [0.3, 0.4) is 0 Å². The predicted octanol–water partition coefficient (Wildman–Crippen LogP) is 8.76. The Balaban J connectivity index is 1.78. The first-order chi connectivity index (χ1) is 18.6. The number of nitrogens with zero attached hydrogens (tertiary/aromatic N) is 2. The predicted molar refractivity (Wildman–Crippen MR) is 161 cm³/mol. The average Bonchev–Trinajstić information content (AvgIpc) is 3.44. The van der Waals surface area contributed by atoms with Gasteiger partial charge >= 0.3 is 12.2 Å². The van der Waals surface area contributed by atoms with Crippen LogP contribution in [0.2, 0.25) is 5.15 Å². The molecule has 0 aliphatic heterocycles. The number of aromatic nitrogens is 1. The summed E-state index contributed by atoms with van der Waals surface area (Å²) in [5.41, 5.74) is 0.701. The number of ether oxygens (including phenoxy) is 2. The number of aryl methyl sites for hydroxylation is 1. The highest BCUT2D eigenvalue weighted by atomic mass is 35.5. The van der Waals surface area contributed by atoms with E-state index in [2.05, 4.69) is 10.3 Å². The van der Waals surface area contributed by atoms with Crippen LogP contribution in [0.25, 0.3) is 10.2 Å². The maximum atomic E-state index is 15.3. The Hall–Kier alpha value is -2.43. The standard InChI is InChI=1S/C29H37ClFN3O4S2/c1-16-22-25(40-24(16)18-11-8-12-19(31)23(18)33-26(35)37-28(2,3)4)20(14-21(30)32-22)34(15-17-10-9-13-39-17)27(36)38-29(5,6)7/h9-10,13-14,18-19,23H,8,11-12,15H2,1-7H3,(H,33,35)/t18?,19-,23?/m1/s1. The molecule has 0 radical (unpaired) electrons. The van der Waals surface area contributed by atoms with E-state index >= 15 is 4.39 Å². The van der Waals surface area contributed by atoms with Gasteiger partial charge in [0.15, 0.2) is 0 Å². The van der Waals surface area contributed by atoms with Gasteiger partial charge in [0.1, 0.15) is 22.5 Å². The molecule has 218 valence electrons. The molecule has 1 saturated carbocycles. The van der Waals surface area contributed by atoms with Gasteiger partial charge in [-0.2, -0.15) is 0 Å². The number of pyridine rings is 1. The van der Waals surface area contributed by atoms with E-state index in [1.807, 2.05) is 45.2 Å². The molecule has 7 nitrogen and oxygen atoms in total. The number of fused-ring (bicyclic) bond motifs is 1. The van der Waals surface area contributed by atoms with Crippen LogP contribution in [0.15, 0.2) is 23.6 Å². The molecule has 3 aromatic heterocycles. The Kier molecular flexibility index (Phi) is 9.02. The fraction of sp³-hybridized carbons (Fsp3) is 0.552. The molecule has 3 heterocycles. The van der Waals surface area contributed by atoms with Crippen molar-refractivity contribution < 1.29 is 23.5 Å². The molecule has 0 spiro atoms.